The van der Waals surface area contributed by atoms with Gasteiger partial charge in [-0.3, -0.25) is 15.2 Å². The number of fused-ring (bicyclic) bond motifs is 7. The molecule has 0 saturated carbocycles. The average molecular weight is 425 g/mol. The van der Waals surface area contributed by atoms with Crippen LogP contribution in [0.5, 0.6) is 0 Å². The van der Waals surface area contributed by atoms with Crippen molar-refractivity contribution in [1.29, 1.82) is 0 Å². The molecule has 7 nitrogen and oxygen atoms in total. The van der Waals surface area contributed by atoms with Crippen LogP contribution in [-0.4, -0.2) is 77.5 Å². The number of aromatic nitrogens is 1. The van der Waals surface area contributed by atoms with Gasteiger partial charge in [-0.2, -0.15) is 0 Å². The Hall–Kier alpha value is -2.22. The predicted molar refractivity (Wildman–Crippen MR) is 120 cm³/mol. The summed E-state index contributed by atoms with van der Waals surface area (Å²) >= 11 is 0. The number of piperidine rings is 6. The van der Waals surface area contributed by atoms with E-state index in [0.29, 0.717) is 17.5 Å². The van der Waals surface area contributed by atoms with E-state index in [1.807, 2.05) is 30.3 Å². The summed E-state index contributed by atoms with van der Waals surface area (Å²) in [6, 6.07) is 9.75. The number of aliphatic hydroxyl groups is 1. The second kappa shape index (κ2) is 9.10. The molecule has 8 rings (SSSR count). The number of anilines is 1. The van der Waals surface area contributed by atoms with Crippen molar-refractivity contribution in [2.45, 2.75) is 37.9 Å². The summed E-state index contributed by atoms with van der Waals surface area (Å²) in [6.45, 7) is 6.53. The van der Waals surface area contributed by atoms with Gasteiger partial charge in [-0.15, -0.1) is 0 Å². The number of nitrogens with one attached hydrogen (secondary N) is 1. The van der Waals surface area contributed by atoms with E-state index in [1.165, 1.54) is 25.9 Å². The summed E-state index contributed by atoms with van der Waals surface area (Å²) in [5.74, 6) is 1.15. The molecule has 6 aliphatic heterocycles. The Morgan fingerprint density at radius 3 is 2.26 bits per heavy atom. The third-order valence-corrected chi connectivity index (χ3v) is 7.31. The molecule has 1 amide bonds. The summed E-state index contributed by atoms with van der Waals surface area (Å²) in [7, 11) is 0. The Morgan fingerprint density at radius 2 is 1.68 bits per heavy atom. The number of nitrogens with zero attached hydrogens (tertiary/aromatic N) is 3. The van der Waals surface area contributed by atoms with Crippen LogP contribution in [0.2, 0.25) is 0 Å². The van der Waals surface area contributed by atoms with E-state index >= 15 is 0 Å². The number of ether oxygens (including phenoxy) is 1. The molecule has 166 valence electrons. The highest BCUT2D eigenvalue weighted by atomic mass is 16.6. The molecule has 2 unspecified atom stereocenters. The first-order valence-corrected chi connectivity index (χ1v) is 11.6. The van der Waals surface area contributed by atoms with Crippen LogP contribution in [0.25, 0.3) is 10.9 Å². The zero-order valence-electron chi connectivity index (χ0n) is 17.9. The summed E-state index contributed by atoms with van der Waals surface area (Å²) in [6.07, 6.45) is 6.02. The van der Waals surface area contributed by atoms with Crippen LogP contribution < -0.4 is 5.32 Å². The van der Waals surface area contributed by atoms with Crippen molar-refractivity contribution in [3.63, 3.8) is 0 Å². The summed E-state index contributed by atoms with van der Waals surface area (Å²) < 4.78 is 5.62. The lowest BCUT2D eigenvalue weighted by molar-refractivity contribution is -0.0289. The number of aliphatic hydroxyl groups excluding tert-OH is 1. The third kappa shape index (κ3) is 4.84. The summed E-state index contributed by atoms with van der Waals surface area (Å²) in [4.78, 5) is 21.2. The first-order valence-electron chi connectivity index (χ1n) is 11.6. The van der Waals surface area contributed by atoms with Crippen LogP contribution in [0.4, 0.5) is 10.5 Å². The number of pyridine rings is 1. The lowest BCUT2D eigenvalue weighted by atomic mass is 9.86. The van der Waals surface area contributed by atoms with Gasteiger partial charge in [-0.25, -0.2) is 4.79 Å². The molecule has 6 saturated heterocycles. The van der Waals surface area contributed by atoms with Gasteiger partial charge in [-0.05, 0) is 75.8 Å². The zero-order valence-corrected chi connectivity index (χ0v) is 17.9. The maximum atomic E-state index is 12.1. The molecule has 31 heavy (non-hydrogen) atoms. The van der Waals surface area contributed by atoms with E-state index in [9.17, 15) is 9.90 Å². The summed E-state index contributed by atoms with van der Waals surface area (Å²) in [5, 5.41) is 13.2. The Kier molecular flexibility index (Phi) is 6.07. The number of hydrogen-bond donors (Lipinski definition) is 2. The Bertz CT molecular complexity index is 907. The van der Waals surface area contributed by atoms with Crippen LogP contribution >= 0.6 is 0 Å². The lowest BCUT2D eigenvalue weighted by Crippen LogP contribution is -2.52. The van der Waals surface area contributed by atoms with Crippen LogP contribution in [0.3, 0.4) is 0 Å². The lowest BCUT2D eigenvalue weighted by Gasteiger charge is -2.43. The molecule has 6 aliphatic rings. The monoisotopic (exact) mass is 424 g/mol. The van der Waals surface area contributed by atoms with Gasteiger partial charge in [0, 0.05) is 18.5 Å². The van der Waals surface area contributed by atoms with E-state index < -0.39 is 0 Å². The number of carbonyl (C=O) groups excluding carboxylic acids is 1. The first kappa shape index (κ1) is 20.7. The topological polar surface area (TPSA) is 77.9 Å². The van der Waals surface area contributed by atoms with Crippen LogP contribution in [0, 0.1) is 11.8 Å². The second-order valence-electron chi connectivity index (χ2n) is 9.33. The zero-order chi connectivity index (χ0) is 21.2. The van der Waals surface area contributed by atoms with Gasteiger partial charge >= 0.3 is 6.09 Å². The predicted octanol–water partition coefficient (Wildman–Crippen LogP) is 2.95. The maximum Gasteiger partial charge on any atom is 0.412 e. The minimum Gasteiger partial charge on any atom is -0.444 e. The van der Waals surface area contributed by atoms with E-state index in [0.717, 1.165) is 49.9 Å². The SMILES string of the molecule is O=C(Nc1cnc2ccccc2c1)OC1CN2CCC1CC2.OC1CN2CCC1CC2. The minimum atomic E-state index is -0.379. The van der Waals surface area contributed by atoms with Crippen LogP contribution in [0.15, 0.2) is 36.5 Å². The normalized spacial score (nSPS) is 33.5. The molecule has 7 heterocycles. The van der Waals surface area contributed by atoms with Crippen molar-refractivity contribution >= 4 is 22.7 Å². The molecule has 0 aliphatic carbocycles. The number of rotatable bonds is 2. The van der Waals surface area contributed by atoms with Gasteiger partial charge in [0.05, 0.1) is 23.5 Å². The van der Waals surface area contributed by atoms with Crippen molar-refractivity contribution < 1.29 is 14.6 Å². The molecule has 7 heteroatoms. The van der Waals surface area contributed by atoms with Gasteiger partial charge < -0.3 is 14.7 Å². The molecule has 2 aromatic rings. The van der Waals surface area contributed by atoms with Gasteiger partial charge in [0.1, 0.15) is 6.10 Å². The fraction of sp³-hybridized carbons (Fsp3) is 0.583. The van der Waals surface area contributed by atoms with Crippen molar-refractivity contribution in [3.05, 3.63) is 36.5 Å². The average Bonchev–Trinajstić information content (AvgIpc) is 2.81. The smallest absolute Gasteiger partial charge is 0.412 e. The molecular formula is C24H32N4O3. The Morgan fingerprint density at radius 1 is 1.00 bits per heavy atom. The molecule has 6 fully saturated rings. The van der Waals surface area contributed by atoms with E-state index in [1.54, 1.807) is 6.20 Å². The van der Waals surface area contributed by atoms with Gasteiger partial charge in [0.2, 0.25) is 0 Å². The van der Waals surface area contributed by atoms with Gasteiger partial charge in [-0.1, -0.05) is 18.2 Å². The molecule has 2 atom stereocenters. The van der Waals surface area contributed by atoms with Crippen molar-refractivity contribution in [2.24, 2.45) is 11.8 Å². The minimum absolute atomic E-state index is 0.00694. The molecule has 0 radical (unpaired) electrons. The Balaban J connectivity index is 0.000000189. The van der Waals surface area contributed by atoms with Crippen molar-refractivity contribution in [3.8, 4) is 0 Å². The third-order valence-electron chi connectivity index (χ3n) is 7.31. The number of amides is 1. The molecule has 2 N–H and O–H groups in total. The maximum absolute atomic E-state index is 12.1. The van der Waals surface area contributed by atoms with E-state index in [-0.39, 0.29) is 18.3 Å². The van der Waals surface area contributed by atoms with Crippen LogP contribution in [0.1, 0.15) is 25.7 Å². The number of hydrogen-bond acceptors (Lipinski definition) is 6. The molecule has 1 aromatic heterocycles. The largest absolute Gasteiger partial charge is 0.444 e. The quantitative estimate of drug-likeness (QED) is 0.772. The van der Waals surface area contributed by atoms with Crippen molar-refractivity contribution in [2.75, 3.05) is 44.6 Å². The van der Waals surface area contributed by atoms with Gasteiger partial charge in [0.15, 0.2) is 0 Å². The standard InChI is InChI=1S/C17H19N3O2.C7H13NO/c21-17(22-16-11-20-7-5-12(16)6-8-20)19-14-9-13-3-1-2-4-15(13)18-10-14;9-7-5-8-3-1-6(7)2-4-8/h1-4,9-10,12,16H,5-8,11H2,(H,19,21);6-7,9H,1-5H2. The van der Waals surface area contributed by atoms with E-state index in [2.05, 4.69) is 20.1 Å². The highest BCUT2D eigenvalue weighted by molar-refractivity contribution is 5.89. The molecule has 0 spiro atoms. The highest BCUT2D eigenvalue weighted by Crippen LogP contribution is 2.30. The molecule has 1 aromatic carbocycles. The molecule has 4 bridgehead atoms. The molecular weight excluding hydrogens is 392 g/mol. The fourth-order valence-electron chi connectivity index (χ4n) is 5.40. The first-order chi connectivity index (χ1) is 15.1. The number of benzene rings is 1. The number of carbonyl (C=O) groups is 1. The van der Waals surface area contributed by atoms with Crippen LogP contribution in [-0.2, 0) is 4.74 Å². The van der Waals surface area contributed by atoms with Gasteiger partial charge in [0.25, 0.3) is 0 Å². The highest BCUT2D eigenvalue weighted by Gasteiger charge is 2.36. The fourth-order valence-corrected chi connectivity index (χ4v) is 5.40. The van der Waals surface area contributed by atoms with Crippen molar-refractivity contribution in [1.82, 2.24) is 14.8 Å². The summed E-state index contributed by atoms with van der Waals surface area (Å²) in [5.41, 5.74) is 1.59. The second-order valence-corrected chi connectivity index (χ2v) is 9.33. The van der Waals surface area contributed by atoms with E-state index in [4.69, 9.17) is 4.74 Å². The number of para-hydroxylation sites is 1. The Labute approximate surface area is 183 Å².